The number of aromatic nitrogens is 2. The van der Waals surface area contributed by atoms with E-state index >= 15 is 0 Å². The monoisotopic (exact) mass is 449 g/mol. The zero-order chi connectivity index (χ0) is 22.7. The molecule has 1 aliphatic heterocycles. The molecule has 0 spiro atoms. The number of benzene rings is 2. The molecule has 176 valence electrons. The molecule has 1 saturated heterocycles. The van der Waals surface area contributed by atoms with Crippen molar-refractivity contribution in [1.29, 1.82) is 0 Å². The van der Waals surface area contributed by atoms with Gasteiger partial charge in [-0.15, -0.1) is 0 Å². The smallest absolute Gasteiger partial charge is 0.191 e. The molecule has 7 nitrogen and oxygen atoms in total. The van der Waals surface area contributed by atoms with Gasteiger partial charge in [-0.3, -0.25) is 4.99 Å². The lowest BCUT2D eigenvalue weighted by atomic mass is 10.0. The van der Waals surface area contributed by atoms with E-state index < -0.39 is 0 Å². The lowest BCUT2D eigenvalue weighted by molar-refractivity contribution is 0.0203. The highest BCUT2D eigenvalue weighted by Crippen LogP contribution is 2.15. The number of imidazole rings is 1. The maximum atomic E-state index is 5.83. The maximum absolute atomic E-state index is 5.83. The number of aliphatic imine (C=N–C) groups is 1. The number of ether oxygens (including phenoxy) is 2. The van der Waals surface area contributed by atoms with E-state index in [1.807, 2.05) is 18.5 Å². The fourth-order valence-corrected chi connectivity index (χ4v) is 4.05. The Kier molecular flexibility index (Phi) is 8.72. The van der Waals surface area contributed by atoms with Crippen LogP contribution in [0.4, 0.5) is 0 Å². The van der Waals surface area contributed by atoms with Gasteiger partial charge >= 0.3 is 0 Å². The average molecular weight is 450 g/mol. The third kappa shape index (κ3) is 7.04. The van der Waals surface area contributed by atoms with E-state index in [4.69, 9.17) is 9.47 Å². The molecular formula is C26H35N5O2. The van der Waals surface area contributed by atoms with Crippen molar-refractivity contribution in [3.8, 4) is 0 Å². The summed E-state index contributed by atoms with van der Waals surface area (Å²) in [6.45, 7) is 5.76. The Morgan fingerprint density at radius 1 is 1.09 bits per heavy atom. The Morgan fingerprint density at radius 2 is 1.88 bits per heavy atom. The molecule has 0 radical (unpaired) electrons. The van der Waals surface area contributed by atoms with Crippen LogP contribution in [0.1, 0.15) is 30.4 Å². The largest absolute Gasteiger partial charge is 0.381 e. The predicted molar refractivity (Wildman–Crippen MR) is 132 cm³/mol. The maximum Gasteiger partial charge on any atom is 0.191 e. The summed E-state index contributed by atoms with van der Waals surface area (Å²) >= 11 is 0. The van der Waals surface area contributed by atoms with Gasteiger partial charge in [0.2, 0.25) is 0 Å². The van der Waals surface area contributed by atoms with Crippen LogP contribution in [0.25, 0.3) is 11.0 Å². The molecule has 33 heavy (non-hydrogen) atoms. The first-order valence-corrected chi connectivity index (χ1v) is 11.9. The van der Waals surface area contributed by atoms with Gasteiger partial charge in [0.25, 0.3) is 0 Å². The van der Waals surface area contributed by atoms with Crippen LogP contribution in [0.15, 0.2) is 59.9 Å². The van der Waals surface area contributed by atoms with Crippen molar-refractivity contribution in [1.82, 2.24) is 20.2 Å². The quantitative estimate of drug-likeness (QED) is 0.281. The molecule has 4 rings (SSSR count). The molecule has 1 aromatic heterocycles. The van der Waals surface area contributed by atoms with Gasteiger partial charge in [-0.05, 0) is 48.4 Å². The predicted octanol–water partition coefficient (Wildman–Crippen LogP) is 3.58. The van der Waals surface area contributed by atoms with Crippen LogP contribution in [-0.4, -0.2) is 55.5 Å². The summed E-state index contributed by atoms with van der Waals surface area (Å²) in [6, 6.07) is 16.9. The molecular weight excluding hydrogens is 414 g/mol. The normalized spacial score (nSPS) is 15.1. The van der Waals surface area contributed by atoms with Gasteiger partial charge in [0.1, 0.15) is 0 Å². The molecule has 0 atom stereocenters. The Balaban J connectivity index is 1.14. The number of hydrogen-bond acceptors (Lipinski definition) is 4. The van der Waals surface area contributed by atoms with Crippen LogP contribution in [0.5, 0.6) is 0 Å². The zero-order valence-electron chi connectivity index (χ0n) is 19.5. The van der Waals surface area contributed by atoms with Crippen molar-refractivity contribution in [3.63, 3.8) is 0 Å². The molecule has 0 unspecified atom stereocenters. The number of hydrogen-bond donors (Lipinski definition) is 2. The Hall–Kier alpha value is -2.90. The molecule has 1 fully saturated rings. The summed E-state index contributed by atoms with van der Waals surface area (Å²) in [5.74, 6) is 1.47. The Labute approximate surface area is 196 Å². The zero-order valence-corrected chi connectivity index (χ0v) is 19.5. The van der Waals surface area contributed by atoms with Gasteiger partial charge in [-0.25, -0.2) is 4.98 Å². The molecule has 2 N–H and O–H groups in total. The summed E-state index contributed by atoms with van der Waals surface area (Å²) in [7, 11) is 1.80. The second-order valence-corrected chi connectivity index (χ2v) is 8.51. The van der Waals surface area contributed by atoms with Crippen LogP contribution in [0.2, 0.25) is 0 Å². The van der Waals surface area contributed by atoms with Crippen LogP contribution < -0.4 is 10.6 Å². The van der Waals surface area contributed by atoms with E-state index in [0.717, 1.165) is 82.3 Å². The SMILES string of the molecule is CN=C(NCCCOCC1CCOCC1)NCc1ccc(Cn2cnc3ccccc32)cc1. The van der Waals surface area contributed by atoms with Crippen molar-refractivity contribution in [3.05, 3.63) is 66.0 Å². The molecule has 0 saturated carbocycles. The summed E-state index contributed by atoms with van der Waals surface area (Å²) in [6.07, 6.45) is 5.11. The van der Waals surface area contributed by atoms with Gasteiger partial charge in [-0.1, -0.05) is 36.4 Å². The fraction of sp³-hybridized carbons (Fsp3) is 0.462. The third-order valence-corrected chi connectivity index (χ3v) is 6.04. The number of nitrogens with one attached hydrogen (secondary N) is 2. The summed E-state index contributed by atoms with van der Waals surface area (Å²) in [5, 5.41) is 6.75. The number of fused-ring (bicyclic) bond motifs is 1. The van der Waals surface area contributed by atoms with Gasteiger partial charge in [0.15, 0.2) is 5.96 Å². The van der Waals surface area contributed by atoms with Crippen LogP contribution >= 0.6 is 0 Å². The van der Waals surface area contributed by atoms with Crippen molar-refractivity contribution in [2.45, 2.75) is 32.4 Å². The standard InChI is InChI=1S/C26H35N5O2/c1-27-26(28-13-4-14-33-19-23-11-15-32-16-12-23)29-17-21-7-9-22(10-8-21)18-31-20-30-24-5-2-3-6-25(24)31/h2-3,5-10,20,23H,4,11-19H2,1H3,(H2,27,28,29). The van der Waals surface area contributed by atoms with E-state index in [0.29, 0.717) is 5.92 Å². The van der Waals surface area contributed by atoms with E-state index in [9.17, 15) is 0 Å². The molecule has 3 aromatic rings. The lowest BCUT2D eigenvalue weighted by Gasteiger charge is -2.21. The van der Waals surface area contributed by atoms with E-state index in [2.05, 4.69) is 61.6 Å². The average Bonchev–Trinajstić information content (AvgIpc) is 3.27. The molecule has 1 aliphatic rings. The van der Waals surface area contributed by atoms with Crippen molar-refractivity contribution in [2.24, 2.45) is 10.9 Å². The highest BCUT2D eigenvalue weighted by atomic mass is 16.5. The minimum Gasteiger partial charge on any atom is -0.381 e. The van der Waals surface area contributed by atoms with E-state index in [1.54, 1.807) is 7.05 Å². The van der Waals surface area contributed by atoms with Gasteiger partial charge < -0.3 is 24.7 Å². The second kappa shape index (κ2) is 12.4. The van der Waals surface area contributed by atoms with Crippen molar-refractivity contribution in [2.75, 3.05) is 40.0 Å². The van der Waals surface area contributed by atoms with Crippen LogP contribution in [-0.2, 0) is 22.6 Å². The highest BCUT2D eigenvalue weighted by molar-refractivity contribution is 5.79. The first-order chi connectivity index (χ1) is 16.3. The van der Waals surface area contributed by atoms with Crippen LogP contribution in [0, 0.1) is 5.92 Å². The van der Waals surface area contributed by atoms with Gasteiger partial charge in [0, 0.05) is 53.1 Å². The lowest BCUT2D eigenvalue weighted by Crippen LogP contribution is -2.37. The molecule has 0 aliphatic carbocycles. The van der Waals surface area contributed by atoms with Crippen molar-refractivity contribution < 1.29 is 9.47 Å². The van der Waals surface area contributed by atoms with E-state index in [1.165, 1.54) is 11.1 Å². The highest BCUT2D eigenvalue weighted by Gasteiger charge is 2.13. The second-order valence-electron chi connectivity index (χ2n) is 8.51. The third-order valence-electron chi connectivity index (χ3n) is 6.04. The molecule has 2 heterocycles. The molecule has 7 heteroatoms. The fourth-order valence-electron chi connectivity index (χ4n) is 4.05. The van der Waals surface area contributed by atoms with Crippen LogP contribution in [0.3, 0.4) is 0 Å². The number of para-hydroxylation sites is 2. The number of guanidine groups is 1. The van der Waals surface area contributed by atoms with Crippen molar-refractivity contribution >= 4 is 17.0 Å². The number of rotatable bonds is 10. The minimum absolute atomic E-state index is 0.659. The Bertz CT molecular complexity index is 1010. The van der Waals surface area contributed by atoms with E-state index in [-0.39, 0.29) is 0 Å². The van der Waals surface area contributed by atoms with Gasteiger partial charge in [-0.2, -0.15) is 0 Å². The molecule has 2 aromatic carbocycles. The topological polar surface area (TPSA) is 72.7 Å². The number of nitrogens with zero attached hydrogens (tertiary/aromatic N) is 3. The first kappa shape index (κ1) is 23.3. The molecule has 0 bridgehead atoms. The minimum atomic E-state index is 0.659. The molecule has 0 amide bonds. The summed E-state index contributed by atoms with van der Waals surface area (Å²) in [4.78, 5) is 8.79. The Morgan fingerprint density at radius 3 is 2.70 bits per heavy atom. The summed E-state index contributed by atoms with van der Waals surface area (Å²) < 4.78 is 13.4. The van der Waals surface area contributed by atoms with Gasteiger partial charge in [0.05, 0.1) is 17.4 Å². The first-order valence-electron chi connectivity index (χ1n) is 11.9. The summed E-state index contributed by atoms with van der Waals surface area (Å²) in [5.41, 5.74) is 4.66.